The lowest BCUT2D eigenvalue weighted by Crippen LogP contribution is -2.60. The lowest BCUT2D eigenvalue weighted by molar-refractivity contribution is -0.185. The molecule has 0 bridgehead atoms. The number of hydrogen-bond donors (Lipinski definition) is 0. The minimum Gasteiger partial charge on any atom is -0.378 e. The highest BCUT2D eigenvalue weighted by Crippen LogP contribution is 2.53. The van der Waals surface area contributed by atoms with E-state index in [9.17, 15) is 5.26 Å². The zero-order valence-corrected chi connectivity index (χ0v) is 8.25. The van der Waals surface area contributed by atoms with Gasteiger partial charge < -0.3 is 9.47 Å². The first-order valence-electron chi connectivity index (χ1n) is 4.76. The molecule has 1 aliphatic heterocycles. The second kappa shape index (κ2) is 2.98. The smallest absolute Gasteiger partial charge is 0.153 e. The summed E-state index contributed by atoms with van der Waals surface area (Å²) in [6.07, 6.45) is 7.66. The Morgan fingerprint density at radius 2 is 2.21 bits per heavy atom. The summed E-state index contributed by atoms with van der Waals surface area (Å²) in [5.41, 5.74) is -1.34. The molecular formula is C11H13NO2. The minimum atomic E-state index is -0.722. The molecule has 2 rings (SSSR count). The fourth-order valence-electron chi connectivity index (χ4n) is 2.23. The Balaban J connectivity index is 2.35. The third-order valence-electron chi connectivity index (χ3n) is 3.31. The molecule has 1 saturated heterocycles. The summed E-state index contributed by atoms with van der Waals surface area (Å²) >= 11 is 0. The van der Waals surface area contributed by atoms with E-state index in [1.807, 2.05) is 0 Å². The van der Waals surface area contributed by atoms with Gasteiger partial charge in [0.2, 0.25) is 0 Å². The number of hydrogen-bond acceptors (Lipinski definition) is 3. The van der Waals surface area contributed by atoms with Gasteiger partial charge in [-0.25, -0.2) is 0 Å². The number of nitrogens with zero attached hydrogens (tertiary/aromatic N) is 1. The molecule has 2 fully saturated rings. The predicted molar refractivity (Wildman–Crippen MR) is 50.2 cm³/mol. The van der Waals surface area contributed by atoms with Gasteiger partial charge in [0.05, 0.1) is 19.3 Å². The lowest BCUT2D eigenvalue weighted by Gasteiger charge is -2.47. The molecule has 14 heavy (non-hydrogen) atoms. The topological polar surface area (TPSA) is 42.2 Å². The summed E-state index contributed by atoms with van der Waals surface area (Å²) in [6.45, 7) is 0.802. The fraction of sp³-hybridized carbons (Fsp3) is 0.727. The summed E-state index contributed by atoms with van der Waals surface area (Å²) < 4.78 is 10.6. The molecule has 0 aromatic rings. The minimum absolute atomic E-state index is 0.334. The highest BCUT2D eigenvalue weighted by molar-refractivity contribution is 5.30. The zero-order valence-electron chi connectivity index (χ0n) is 8.25. The van der Waals surface area contributed by atoms with Gasteiger partial charge in [-0.15, -0.1) is 6.42 Å². The number of methoxy groups -OCH3 is 1. The normalized spacial score (nSPS) is 27.9. The van der Waals surface area contributed by atoms with Gasteiger partial charge in [-0.1, -0.05) is 5.92 Å². The van der Waals surface area contributed by atoms with Crippen molar-refractivity contribution in [3.05, 3.63) is 0 Å². The zero-order chi connectivity index (χ0) is 10.2. The van der Waals surface area contributed by atoms with Gasteiger partial charge in [-0.3, -0.25) is 0 Å². The van der Waals surface area contributed by atoms with Crippen molar-refractivity contribution in [1.82, 2.24) is 0 Å². The van der Waals surface area contributed by atoms with E-state index in [4.69, 9.17) is 15.9 Å². The summed E-state index contributed by atoms with van der Waals surface area (Å²) in [4.78, 5) is 0. The van der Waals surface area contributed by atoms with Gasteiger partial charge in [-0.2, -0.15) is 5.26 Å². The van der Waals surface area contributed by atoms with Gasteiger partial charge in [-0.05, 0) is 12.8 Å². The predicted octanol–water partition coefficient (Wildman–Crippen LogP) is 0.955. The van der Waals surface area contributed by atoms with Crippen molar-refractivity contribution >= 4 is 0 Å². The molecule has 1 saturated carbocycles. The Kier molecular flexibility index (Phi) is 2.03. The Morgan fingerprint density at radius 1 is 1.57 bits per heavy atom. The summed E-state index contributed by atoms with van der Waals surface area (Å²) in [7, 11) is 1.59. The molecule has 0 spiro atoms. The van der Waals surface area contributed by atoms with Crippen LogP contribution in [0.25, 0.3) is 0 Å². The Morgan fingerprint density at radius 3 is 2.43 bits per heavy atom. The Hall–Kier alpha value is -1.03. The van der Waals surface area contributed by atoms with Gasteiger partial charge in [0.1, 0.15) is 5.41 Å². The molecule has 0 N–H and O–H groups in total. The molecule has 0 radical (unpaired) electrons. The van der Waals surface area contributed by atoms with Crippen molar-refractivity contribution in [1.29, 1.82) is 5.26 Å². The maximum absolute atomic E-state index is 9.21. The maximum atomic E-state index is 9.21. The molecule has 3 nitrogen and oxygen atoms in total. The molecular weight excluding hydrogens is 178 g/mol. The molecule has 1 aliphatic carbocycles. The van der Waals surface area contributed by atoms with Crippen LogP contribution in [0.15, 0.2) is 0 Å². The number of rotatable bonds is 3. The van der Waals surface area contributed by atoms with Gasteiger partial charge in [0, 0.05) is 13.0 Å². The van der Waals surface area contributed by atoms with Crippen molar-refractivity contribution in [2.45, 2.75) is 18.4 Å². The van der Waals surface area contributed by atoms with Crippen molar-refractivity contribution in [2.24, 2.45) is 11.3 Å². The fourth-order valence-corrected chi connectivity index (χ4v) is 2.23. The van der Waals surface area contributed by atoms with Gasteiger partial charge in [0.15, 0.2) is 5.60 Å². The average Bonchev–Trinajstić information content (AvgIpc) is 2.95. The van der Waals surface area contributed by atoms with Crippen LogP contribution >= 0.6 is 0 Å². The van der Waals surface area contributed by atoms with E-state index in [1.54, 1.807) is 7.11 Å². The van der Waals surface area contributed by atoms with Crippen LogP contribution < -0.4 is 0 Å². The molecule has 3 heteroatoms. The van der Waals surface area contributed by atoms with E-state index >= 15 is 0 Å². The SMILES string of the molecule is C#C[C@](OC)(C1CC1)C1(C#N)COC1. The van der Waals surface area contributed by atoms with E-state index in [0.29, 0.717) is 19.1 Å². The largest absolute Gasteiger partial charge is 0.378 e. The van der Waals surface area contributed by atoms with Crippen molar-refractivity contribution < 1.29 is 9.47 Å². The van der Waals surface area contributed by atoms with Gasteiger partial charge in [0.25, 0.3) is 0 Å². The monoisotopic (exact) mass is 191 g/mol. The highest BCUT2D eigenvalue weighted by atomic mass is 16.5. The summed E-state index contributed by atoms with van der Waals surface area (Å²) in [5.74, 6) is 3.03. The molecule has 0 aromatic heterocycles. The van der Waals surface area contributed by atoms with Crippen LogP contribution in [0.2, 0.25) is 0 Å². The summed E-state index contributed by atoms with van der Waals surface area (Å²) in [5, 5.41) is 9.21. The quantitative estimate of drug-likeness (QED) is 0.624. The first-order chi connectivity index (χ1) is 6.74. The van der Waals surface area contributed by atoms with Crippen LogP contribution in [0.4, 0.5) is 0 Å². The third-order valence-corrected chi connectivity index (χ3v) is 3.31. The van der Waals surface area contributed by atoms with Crippen LogP contribution in [0, 0.1) is 35.0 Å². The van der Waals surface area contributed by atoms with E-state index in [1.165, 1.54) is 0 Å². The van der Waals surface area contributed by atoms with Crippen LogP contribution in [-0.2, 0) is 9.47 Å². The molecule has 2 aliphatic rings. The molecule has 0 amide bonds. The molecule has 1 atom stereocenters. The highest BCUT2D eigenvalue weighted by Gasteiger charge is 2.63. The average molecular weight is 191 g/mol. The van der Waals surface area contributed by atoms with Crippen molar-refractivity contribution in [3.63, 3.8) is 0 Å². The standard InChI is InChI=1S/C11H13NO2/c1-3-11(13-2,9-4-5-9)10(6-12)7-14-8-10/h1,9H,4-5,7-8H2,2H3/t11-/m0/s1. The number of terminal acetylenes is 1. The first kappa shape index (κ1) is 9.52. The van der Waals surface area contributed by atoms with E-state index in [0.717, 1.165) is 12.8 Å². The summed E-state index contributed by atoms with van der Waals surface area (Å²) in [6, 6.07) is 2.29. The number of nitriles is 1. The molecule has 74 valence electrons. The second-order valence-electron chi connectivity index (χ2n) is 4.05. The van der Waals surface area contributed by atoms with E-state index < -0.39 is 11.0 Å². The Labute approximate surface area is 84.0 Å². The van der Waals surface area contributed by atoms with Gasteiger partial charge >= 0.3 is 0 Å². The van der Waals surface area contributed by atoms with Crippen molar-refractivity contribution in [3.8, 4) is 18.4 Å². The van der Waals surface area contributed by atoms with Crippen LogP contribution in [-0.4, -0.2) is 25.9 Å². The Bertz CT molecular complexity index is 317. The van der Waals surface area contributed by atoms with E-state index in [2.05, 4.69) is 12.0 Å². The molecule has 1 heterocycles. The van der Waals surface area contributed by atoms with Crippen molar-refractivity contribution in [2.75, 3.05) is 20.3 Å². The van der Waals surface area contributed by atoms with Crippen LogP contribution in [0.1, 0.15) is 12.8 Å². The first-order valence-corrected chi connectivity index (χ1v) is 4.76. The lowest BCUT2D eigenvalue weighted by atomic mass is 9.68. The third kappa shape index (κ3) is 0.945. The maximum Gasteiger partial charge on any atom is 0.153 e. The second-order valence-corrected chi connectivity index (χ2v) is 4.05. The van der Waals surface area contributed by atoms with Crippen LogP contribution in [0.5, 0.6) is 0 Å². The molecule has 0 unspecified atom stereocenters. The number of ether oxygens (including phenoxy) is 2. The van der Waals surface area contributed by atoms with E-state index in [-0.39, 0.29) is 0 Å². The molecule has 0 aromatic carbocycles. The van der Waals surface area contributed by atoms with Crippen LogP contribution in [0.3, 0.4) is 0 Å².